The van der Waals surface area contributed by atoms with E-state index >= 15 is 0 Å². The maximum Gasteiger partial charge on any atom is 0.128 e. The third kappa shape index (κ3) is 3.23. The molecule has 1 fully saturated rings. The fraction of sp³-hybridized carbons (Fsp3) is 0.500. The second-order valence-electron chi connectivity index (χ2n) is 5.19. The fourth-order valence-corrected chi connectivity index (χ4v) is 2.28. The molecule has 5 heteroatoms. The average molecular weight is 265 g/mol. The maximum absolute atomic E-state index is 13.4. The van der Waals surface area contributed by atoms with Gasteiger partial charge < -0.3 is 15.4 Å². The van der Waals surface area contributed by atoms with Crippen LogP contribution in [0.3, 0.4) is 0 Å². The first-order chi connectivity index (χ1) is 9.03. The summed E-state index contributed by atoms with van der Waals surface area (Å²) in [6, 6.07) is 4.39. The Kier molecular flexibility index (Phi) is 4.04. The number of anilines is 1. The van der Waals surface area contributed by atoms with Crippen LogP contribution in [0.5, 0.6) is 5.75 Å². The average Bonchev–Trinajstić information content (AvgIpc) is 2.38. The van der Waals surface area contributed by atoms with E-state index in [1.807, 2.05) is 0 Å². The SMILES string of the molecule is COc1cc(F)cc(NC(=N)C2(C)CCNCC2)c1. The topological polar surface area (TPSA) is 57.1 Å². The van der Waals surface area contributed by atoms with Gasteiger partial charge in [-0.05, 0) is 32.0 Å². The molecule has 1 aromatic carbocycles. The lowest BCUT2D eigenvalue weighted by Gasteiger charge is -2.34. The number of halogens is 1. The van der Waals surface area contributed by atoms with Gasteiger partial charge >= 0.3 is 0 Å². The number of methoxy groups -OCH3 is 1. The molecule has 1 saturated heterocycles. The fourth-order valence-electron chi connectivity index (χ4n) is 2.28. The summed E-state index contributed by atoms with van der Waals surface area (Å²) in [6.07, 6.45) is 1.82. The molecule has 0 radical (unpaired) electrons. The maximum atomic E-state index is 13.4. The summed E-state index contributed by atoms with van der Waals surface area (Å²) in [5.74, 6) is 0.512. The van der Waals surface area contributed by atoms with Crippen molar-refractivity contribution in [3.8, 4) is 5.75 Å². The van der Waals surface area contributed by atoms with Crippen molar-refractivity contribution < 1.29 is 9.13 Å². The van der Waals surface area contributed by atoms with Crippen LogP contribution in [-0.4, -0.2) is 26.0 Å². The van der Waals surface area contributed by atoms with Crippen LogP contribution in [0.2, 0.25) is 0 Å². The molecule has 0 amide bonds. The molecule has 0 spiro atoms. The molecule has 0 saturated carbocycles. The molecule has 1 aliphatic rings. The molecular formula is C14H20FN3O. The minimum absolute atomic E-state index is 0.176. The molecule has 1 aromatic rings. The molecule has 1 heterocycles. The van der Waals surface area contributed by atoms with Crippen molar-refractivity contribution >= 4 is 11.5 Å². The van der Waals surface area contributed by atoms with Crippen LogP contribution in [0.1, 0.15) is 19.8 Å². The summed E-state index contributed by atoms with van der Waals surface area (Å²) in [6.45, 7) is 3.89. The highest BCUT2D eigenvalue weighted by Crippen LogP contribution is 2.30. The Labute approximate surface area is 112 Å². The van der Waals surface area contributed by atoms with Crippen molar-refractivity contribution in [1.82, 2.24) is 5.32 Å². The summed E-state index contributed by atoms with van der Waals surface area (Å²) in [4.78, 5) is 0. The van der Waals surface area contributed by atoms with E-state index in [4.69, 9.17) is 10.1 Å². The highest BCUT2D eigenvalue weighted by atomic mass is 19.1. The molecule has 4 nitrogen and oxygen atoms in total. The van der Waals surface area contributed by atoms with Gasteiger partial charge in [0.1, 0.15) is 17.4 Å². The van der Waals surface area contributed by atoms with Crippen LogP contribution in [0, 0.1) is 16.6 Å². The summed E-state index contributed by atoms with van der Waals surface area (Å²) >= 11 is 0. The van der Waals surface area contributed by atoms with Crippen molar-refractivity contribution in [3.63, 3.8) is 0 Å². The number of amidine groups is 1. The summed E-state index contributed by atoms with van der Waals surface area (Å²) in [5, 5.41) is 14.5. The molecule has 1 aliphatic heterocycles. The van der Waals surface area contributed by atoms with Crippen LogP contribution in [0.25, 0.3) is 0 Å². The standard InChI is InChI=1S/C14H20FN3O/c1-14(3-5-17-6-4-14)13(16)18-11-7-10(15)8-12(9-11)19-2/h7-9,17H,3-6H2,1-2H3,(H2,16,18). The Morgan fingerprint density at radius 3 is 2.68 bits per heavy atom. The Hall–Kier alpha value is -1.62. The van der Waals surface area contributed by atoms with Gasteiger partial charge in [0, 0.05) is 23.2 Å². The zero-order valence-corrected chi connectivity index (χ0v) is 11.3. The number of benzene rings is 1. The second kappa shape index (κ2) is 5.57. The van der Waals surface area contributed by atoms with E-state index in [0.717, 1.165) is 25.9 Å². The van der Waals surface area contributed by atoms with E-state index in [1.165, 1.54) is 19.2 Å². The molecular weight excluding hydrogens is 245 g/mol. The van der Waals surface area contributed by atoms with Crippen molar-refractivity contribution in [2.75, 3.05) is 25.5 Å². The van der Waals surface area contributed by atoms with Crippen molar-refractivity contribution in [2.24, 2.45) is 5.41 Å². The lowest BCUT2D eigenvalue weighted by Crippen LogP contribution is -2.42. The van der Waals surface area contributed by atoms with E-state index < -0.39 is 0 Å². The van der Waals surface area contributed by atoms with E-state index in [0.29, 0.717) is 17.3 Å². The van der Waals surface area contributed by atoms with Gasteiger partial charge in [0.15, 0.2) is 0 Å². The molecule has 0 bridgehead atoms. The Morgan fingerprint density at radius 1 is 1.37 bits per heavy atom. The van der Waals surface area contributed by atoms with E-state index in [9.17, 15) is 4.39 Å². The molecule has 0 atom stereocenters. The Balaban J connectivity index is 2.12. The van der Waals surface area contributed by atoms with Gasteiger partial charge in [-0.15, -0.1) is 0 Å². The zero-order chi connectivity index (χ0) is 13.9. The minimum Gasteiger partial charge on any atom is -0.497 e. The smallest absolute Gasteiger partial charge is 0.128 e. The van der Waals surface area contributed by atoms with Gasteiger partial charge in [0.2, 0.25) is 0 Å². The monoisotopic (exact) mass is 265 g/mol. The van der Waals surface area contributed by atoms with Crippen LogP contribution < -0.4 is 15.4 Å². The first kappa shape index (κ1) is 13.8. The first-order valence-electron chi connectivity index (χ1n) is 6.45. The number of piperidine rings is 1. The zero-order valence-electron chi connectivity index (χ0n) is 11.3. The van der Waals surface area contributed by atoms with Crippen molar-refractivity contribution in [1.29, 1.82) is 5.41 Å². The highest BCUT2D eigenvalue weighted by Gasteiger charge is 2.31. The van der Waals surface area contributed by atoms with E-state index in [2.05, 4.69) is 17.6 Å². The molecule has 0 aromatic heterocycles. The molecule has 104 valence electrons. The Morgan fingerprint density at radius 2 is 2.05 bits per heavy atom. The third-order valence-electron chi connectivity index (χ3n) is 3.69. The van der Waals surface area contributed by atoms with Crippen LogP contribution in [0.4, 0.5) is 10.1 Å². The third-order valence-corrected chi connectivity index (χ3v) is 3.69. The summed E-state index contributed by atoms with van der Waals surface area (Å²) in [7, 11) is 1.50. The molecule has 2 rings (SSSR count). The van der Waals surface area contributed by atoms with Crippen LogP contribution >= 0.6 is 0 Å². The Bertz CT molecular complexity index is 470. The van der Waals surface area contributed by atoms with Gasteiger partial charge in [-0.3, -0.25) is 5.41 Å². The quantitative estimate of drug-likeness (QED) is 0.581. The predicted molar refractivity (Wildman–Crippen MR) is 74.5 cm³/mol. The number of nitrogens with one attached hydrogen (secondary N) is 3. The lowest BCUT2D eigenvalue weighted by atomic mass is 9.79. The van der Waals surface area contributed by atoms with Crippen molar-refractivity contribution in [2.45, 2.75) is 19.8 Å². The van der Waals surface area contributed by atoms with Gasteiger partial charge in [-0.1, -0.05) is 6.92 Å². The molecule has 0 aliphatic carbocycles. The molecule has 3 N–H and O–H groups in total. The largest absolute Gasteiger partial charge is 0.497 e. The number of hydrogen-bond acceptors (Lipinski definition) is 3. The number of ether oxygens (including phenoxy) is 1. The van der Waals surface area contributed by atoms with Gasteiger partial charge in [-0.25, -0.2) is 4.39 Å². The van der Waals surface area contributed by atoms with Crippen LogP contribution in [-0.2, 0) is 0 Å². The summed E-state index contributed by atoms with van der Waals surface area (Å²) in [5.41, 5.74) is 0.381. The van der Waals surface area contributed by atoms with Crippen LogP contribution in [0.15, 0.2) is 18.2 Å². The molecule has 19 heavy (non-hydrogen) atoms. The van der Waals surface area contributed by atoms with Crippen molar-refractivity contribution in [3.05, 3.63) is 24.0 Å². The highest BCUT2D eigenvalue weighted by molar-refractivity contribution is 5.97. The summed E-state index contributed by atoms with van der Waals surface area (Å²) < 4.78 is 18.4. The minimum atomic E-state index is -0.370. The first-order valence-corrected chi connectivity index (χ1v) is 6.45. The molecule has 0 unspecified atom stereocenters. The van der Waals surface area contributed by atoms with E-state index in [1.54, 1.807) is 6.07 Å². The normalized spacial score (nSPS) is 17.8. The van der Waals surface area contributed by atoms with E-state index in [-0.39, 0.29) is 11.2 Å². The van der Waals surface area contributed by atoms with Gasteiger partial charge in [0.25, 0.3) is 0 Å². The second-order valence-corrected chi connectivity index (χ2v) is 5.19. The predicted octanol–water partition coefficient (Wildman–Crippen LogP) is 2.61. The van der Waals surface area contributed by atoms with Gasteiger partial charge in [-0.2, -0.15) is 0 Å². The number of hydrogen-bond donors (Lipinski definition) is 3. The lowest BCUT2D eigenvalue weighted by molar-refractivity contribution is 0.326. The van der Waals surface area contributed by atoms with Gasteiger partial charge in [0.05, 0.1) is 7.11 Å². The number of rotatable bonds is 3.